The molecule has 0 radical (unpaired) electrons. The van der Waals surface area contributed by atoms with Crippen LogP contribution < -0.4 is 0 Å². The Kier molecular flexibility index (Phi) is 17.9. The molecule has 32 aromatic rings. The molecule has 0 aliphatic rings. The number of pyridine rings is 1. The van der Waals surface area contributed by atoms with Gasteiger partial charge < -0.3 is 22.3 Å². The Bertz CT molecular complexity index is 10600. The Morgan fingerprint density at radius 3 is 1.02 bits per heavy atom. The molecule has 0 N–H and O–H groups in total. The first-order valence-electron chi connectivity index (χ1n) is 48.8. The van der Waals surface area contributed by atoms with Gasteiger partial charge in [0.25, 0.3) is 0 Å². The van der Waals surface area contributed by atoms with E-state index < -0.39 is 0 Å². The van der Waals surface area contributed by atoms with Gasteiger partial charge in [0.05, 0.1) is 82.8 Å². The molecule has 32 rings (SSSR count). The normalized spacial score (nSPS) is 12.0. The highest BCUT2D eigenvalue weighted by molar-refractivity contribution is 6.29. The summed E-state index contributed by atoms with van der Waals surface area (Å²) >= 11 is 0. The van der Waals surface area contributed by atoms with Crippen molar-refractivity contribution in [1.82, 2.24) is 61.8 Å². The van der Waals surface area contributed by atoms with Crippen LogP contribution in [0.4, 0.5) is 0 Å². The summed E-state index contributed by atoms with van der Waals surface area (Å²) in [5.74, 6) is 3.80. The molecule has 20 aromatic carbocycles. The molecular weight excluding hydrogens is 1760 g/mol. The van der Waals surface area contributed by atoms with Crippen LogP contribution in [0.15, 0.2) is 480 Å². The summed E-state index contributed by atoms with van der Waals surface area (Å²) in [7, 11) is 0. The van der Waals surface area contributed by atoms with Crippen LogP contribution in [-0.2, 0) is 0 Å². The molecule has 12 aromatic heterocycles. The van der Waals surface area contributed by atoms with Gasteiger partial charge in [-0.3, -0.25) is 9.55 Å². The average molecular weight is 1840 g/mol. The van der Waals surface area contributed by atoms with Gasteiger partial charge in [-0.1, -0.05) is 340 Å². The lowest BCUT2D eigenvalue weighted by molar-refractivity contribution is 0.953. The largest absolute Gasteiger partial charge is 0.309 e. The lowest BCUT2D eigenvalue weighted by Gasteiger charge is -2.12. The number of hydrogen-bond donors (Lipinski definition) is 0. The van der Waals surface area contributed by atoms with Gasteiger partial charge in [-0.2, -0.15) is 9.97 Å². The summed E-state index contributed by atoms with van der Waals surface area (Å²) in [4.78, 5) is 34.6. The number of hydrogen-bond acceptors (Lipinski definition) is 7. The van der Waals surface area contributed by atoms with Crippen molar-refractivity contribution in [2.45, 2.75) is 0 Å². The minimum Gasteiger partial charge on any atom is -0.309 e. The molecule has 0 saturated carbocycles. The third-order valence-corrected chi connectivity index (χ3v) is 29.5. The van der Waals surface area contributed by atoms with Crippen LogP contribution >= 0.6 is 0 Å². The Morgan fingerprint density at radius 1 is 0.153 bits per heavy atom. The summed E-state index contributed by atoms with van der Waals surface area (Å²) in [6.45, 7) is 0. The van der Waals surface area contributed by atoms with Gasteiger partial charge in [-0.25, -0.2) is 19.9 Å². The minimum absolute atomic E-state index is 0.594. The van der Waals surface area contributed by atoms with E-state index in [-0.39, 0.29) is 0 Å². The number of nitrogens with zero attached hydrogens (tertiary/aromatic N) is 13. The van der Waals surface area contributed by atoms with Crippen molar-refractivity contribution in [3.63, 3.8) is 0 Å². The third-order valence-electron chi connectivity index (χ3n) is 29.5. The Morgan fingerprint density at radius 2 is 0.465 bits per heavy atom. The van der Waals surface area contributed by atoms with E-state index in [0.717, 1.165) is 72.0 Å². The van der Waals surface area contributed by atoms with Gasteiger partial charge in [-0.15, -0.1) is 0 Å². The Balaban J connectivity index is 0.000000102. The highest BCUT2D eigenvalue weighted by Gasteiger charge is 2.28. The zero-order valence-corrected chi connectivity index (χ0v) is 77.4. The third kappa shape index (κ3) is 12.4. The second-order valence-corrected chi connectivity index (χ2v) is 37.4. The molecule has 0 fully saturated rings. The van der Waals surface area contributed by atoms with E-state index in [9.17, 15) is 0 Å². The van der Waals surface area contributed by atoms with E-state index in [1.807, 2.05) is 134 Å². The molecule has 0 aliphatic heterocycles. The van der Waals surface area contributed by atoms with Gasteiger partial charge in [-0.05, 0) is 161 Å². The zero-order valence-electron chi connectivity index (χ0n) is 77.4. The number of rotatable bonds is 11. The number of benzene rings is 20. The molecular formula is C131H79N13. The van der Waals surface area contributed by atoms with E-state index in [4.69, 9.17) is 29.9 Å². The van der Waals surface area contributed by atoms with E-state index in [1.165, 1.54) is 180 Å². The van der Waals surface area contributed by atoms with Gasteiger partial charge in [0.15, 0.2) is 29.1 Å². The van der Waals surface area contributed by atoms with Crippen LogP contribution in [0.5, 0.6) is 0 Å². The summed E-state index contributed by atoms with van der Waals surface area (Å²) in [6.07, 6.45) is 3.88. The zero-order chi connectivity index (χ0) is 94.3. The minimum atomic E-state index is 0.594. The fourth-order valence-electron chi connectivity index (χ4n) is 23.2. The summed E-state index contributed by atoms with van der Waals surface area (Å²) < 4.78 is 14.2. The number of fused-ring (bicyclic) bond motifs is 27. The van der Waals surface area contributed by atoms with Crippen molar-refractivity contribution in [3.8, 4) is 108 Å². The smallest absolute Gasteiger partial charge is 0.238 e. The first-order valence-corrected chi connectivity index (χ1v) is 48.8. The van der Waals surface area contributed by atoms with Gasteiger partial charge in [0.2, 0.25) is 5.95 Å². The van der Waals surface area contributed by atoms with E-state index in [0.29, 0.717) is 35.1 Å². The average Bonchev–Trinajstić information content (AvgIpc) is 1.57. The molecule has 0 aliphatic carbocycles. The molecule has 0 amide bonds. The molecule has 0 atom stereocenters. The number of aromatic nitrogens is 13. The van der Waals surface area contributed by atoms with E-state index in [1.54, 1.807) is 0 Å². The molecule has 0 spiro atoms. The molecule has 0 unspecified atom stereocenters. The predicted molar refractivity (Wildman–Crippen MR) is 594 cm³/mol. The van der Waals surface area contributed by atoms with Crippen LogP contribution in [0.25, 0.3) is 287 Å². The van der Waals surface area contributed by atoms with E-state index >= 15 is 0 Å². The van der Waals surface area contributed by atoms with Crippen LogP contribution in [-0.4, -0.2) is 61.8 Å². The van der Waals surface area contributed by atoms with Crippen molar-refractivity contribution >= 4 is 180 Å². The van der Waals surface area contributed by atoms with Crippen molar-refractivity contribution in [2.24, 2.45) is 0 Å². The first-order chi connectivity index (χ1) is 71.4. The maximum Gasteiger partial charge on any atom is 0.238 e. The summed E-state index contributed by atoms with van der Waals surface area (Å²) in [6, 6.07) is 166. The molecule has 668 valence electrons. The summed E-state index contributed by atoms with van der Waals surface area (Å²) in [5, 5.41) is 22.6. The van der Waals surface area contributed by atoms with Crippen molar-refractivity contribution in [3.05, 3.63) is 480 Å². The SMILES string of the molecule is c1ccc(-c2nc(-c3ccccc3)nc(-c3cccc(-n4c5ccccc5c5ccc(-c6cc7c8ccccc8n8c9ccccc9c(c6)c78)cc54)c3)n2)cc1.c1ccc(-c2nc(-c3ccccc3)nc(-n3c4ccccc4c4cc(-c5ccc6c(c5)c5cccc7c8ccccc8n6c75)ccc43)n2)cc1.c1ccc(-n2c3ccncc3c3cc(-c4ccc5c6ccccc6n6c7ccccc7c4c56)ccc32)cc1. The summed E-state index contributed by atoms with van der Waals surface area (Å²) in [5.41, 5.74) is 32.2. The molecule has 13 nitrogen and oxygen atoms in total. The van der Waals surface area contributed by atoms with Crippen molar-refractivity contribution in [2.75, 3.05) is 0 Å². The topological polar surface area (TPSA) is 118 Å². The van der Waals surface area contributed by atoms with Gasteiger partial charge in [0, 0.05) is 149 Å². The maximum atomic E-state index is 5.08. The quantitative estimate of drug-likeness (QED) is 0.127. The second kappa shape index (κ2) is 32.0. The van der Waals surface area contributed by atoms with Gasteiger partial charge in [0.1, 0.15) is 0 Å². The Hall–Kier alpha value is -19.6. The molecule has 0 saturated heterocycles. The lowest BCUT2D eigenvalue weighted by Crippen LogP contribution is -2.06. The fraction of sp³-hybridized carbons (Fsp3) is 0. The predicted octanol–water partition coefficient (Wildman–Crippen LogP) is 32.9. The second-order valence-electron chi connectivity index (χ2n) is 37.4. The highest BCUT2D eigenvalue weighted by Crippen LogP contribution is 2.49. The fourth-order valence-corrected chi connectivity index (χ4v) is 23.2. The van der Waals surface area contributed by atoms with Gasteiger partial charge >= 0.3 is 0 Å². The highest BCUT2D eigenvalue weighted by atomic mass is 15.2. The Labute approximate surface area is 822 Å². The monoisotopic (exact) mass is 1830 g/mol. The standard InChI is InChI=1S/C51H31N5.C45H27N5.C35H21N3/c1-3-14-32(15-4-1)49-52-50(33-16-5-2-6-17-33)54-51(53-49)35-18-13-19-37(28-35)55-44-23-10-7-20-38(44)41-27-26-34(31-47(41)55)36-29-42-39-21-8-11-24-45(39)56-46-25-12-9-22-40(46)43(30-36)48(42)56;1-3-12-28(13-4-1)43-46-44(29-14-5-2-6-15-29)48-45(47-43)50-39-21-10-8-17-33(39)36-26-30(23-25-41(36)50)31-22-24-40-37(27-31)35-19-11-18-34-32-16-7-9-20-38(32)49(40)42(34)35;1-2-8-23(9-3-1)37-32-17-14-22(20-28(32)29-21-36-19-18-33(29)37)24-15-16-26-25-10-4-6-12-30(25)38-31-13-7-5-11-27(31)34(24)35(26)38/h1-31H;1-27H;1-21H. The molecule has 144 heavy (non-hydrogen) atoms. The lowest BCUT2D eigenvalue weighted by atomic mass is 9.96. The first kappa shape index (κ1) is 80.5. The van der Waals surface area contributed by atoms with Crippen molar-refractivity contribution < 1.29 is 0 Å². The molecule has 13 heteroatoms. The van der Waals surface area contributed by atoms with Crippen LogP contribution in [0.2, 0.25) is 0 Å². The maximum absolute atomic E-state index is 5.08. The number of para-hydroxylation sites is 9. The molecule has 0 bridgehead atoms. The molecule has 12 heterocycles. The van der Waals surface area contributed by atoms with Crippen LogP contribution in [0.3, 0.4) is 0 Å². The van der Waals surface area contributed by atoms with Crippen LogP contribution in [0.1, 0.15) is 0 Å². The van der Waals surface area contributed by atoms with Crippen LogP contribution in [0, 0.1) is 0 Å². The van der Waals surface area contributed by atoms with Crippen molar-refractivity contribution in [1.29, 1.82) is 0 Å². The van der Waals surface area contributed by atoms with E-state index in [2.05, 4.69) is 378 Å².